The zero-order valence-corrected chi connectivity index (χ0v) is 25.0. The summed E-state index contributed by atoms with van der Waals surface area (Å²) < 4.78 is 34.0. The average Bonchev–Trinajstić information content (AvgIpc) is 2.97. The van der Waals surface area contributed by atoms with Gasteiger partial charge in [-0.05, 0) is 55.8 Å². The van der Waals surface area contributed by atoms with Crippen molar-refractivity contribution in [1.29, 1.82) is 0 Å². The maximum absolute atomic E-state index is 8.49. The minimum absolute atomic E-state index is 0. The SMILES string of the molecule is [Au+].[CH2-][P+](c1ccccc1)(c1ccccc1)c1ccccc1.[O-][Cl+3]([O-])([O-])[O-].c1cnc2c(c1)ccc1cccnc12. The molecule has 6 nitrogen and oxygen atoms in total. The molecule has 0 radical (unpaired) electrons. The summed E-state index contributed by atoms with van der Waals surface area (Å²) in [4.78, 5) is 8.69. The summed E-state index contributed by atoms with van der Waals surface area (Å²) in [6.45, 7) is 4.69. The second-order valence-corrected chi connectivity index (χ2v) is 12.3. The summed E-state index contributed by atoms with van der Waals surface area (Å²) in [5, 5.41) is 6.23. The Morgan fingerprint density at radius 1 is 0.475 bits per heavy atom. The van der Waals surface area contributed by atoms with E-state index in [0.29, 0.717) is 0 Å². The second-order valence-electron chi connectivity index (χ2n) is 8.41. The molecule has 0 aliphatic rings. The molecule has 0 bridgehead atoms. The van der Waals surface area contributed by atoms with E-state index < -0.39 is 17.5 Å². The Morgan fingerprint density at radius 2 is 0.775 bits per heavy atom. The van der Waals surface area contributed by atoms with E-state index in [4.69, 9.17) is 25.3 Å². The van der Waals surface area contributed by atoms with Gasteiger partial charge in [0.2, 0.25) is 0 Å². The first kappa shape index (κ1) is 31.5. The van der Waals surface area contributed by atoms with Crippen molar-refractivity contribution in [3.63, 3.8) is 0 Å². The minimum atomic E-state index is -4.94. The molecule has 0 atom stereocenters. The van der Waals surface area contributed by atoms with Gasteiger partial charge in [-0.25, -0.2) is 18.6 Å². The third kappa shape index (κ3) is 8.26. The van der Waals surface area contributed by atoms with Crippen LogP contribution in [0, 0.1) is 16.9 Å². The van der Waals surface area contributed by atoms with Crippen LogP contribution in [0.3, 0.4) is 0 Å². The van der Waals surface area contributed by atoms with Crippen LogP contribution in [0.4, 0.5) is 0 Å². The Morgan fingerprint density at radius 3 is 1.07 bits per heavy atom. The molecule has 0 spiro atoms. The summed E-state index contributed by atoms with van der Waals surface area (Å²) in [6, 6.07) is 44.1. The summed E-state index contributed by atoms with van der Waals surface area (Å²) in [6.07, 6.45) is 3.60. The van der Waals surface area contributed by atoms with Crippen LogP contribution in [0.5, 0.6) is 0 Å². The first-order valence-corrected chi connectivity index (χ1v) is 15.1. The molecule has 206 valence electrons. The van der Waals surface area contributed by atoms with Crippen molar-refractivity contribution in [3.8, 4) is 0 Å². The number of rotatable bonds is 3. The molecule has 9 heteroatoms. The molecule has 0 saturated carbocycles. The predicted molar refractivity (Wildman–Crippen MR) is 148 cm³/mol. The Hall–Kier alpha value is -3.00. The molecule has 6 aromatic rings. The van der Waals surface area contributed by atoms with E-state index in [1.54, 1.807) is 12.4 Å². The molecule has 0 aliphatic carbocycles. The van der Waals surface area contributed by atoms with E-state index in [-0.39, 0.29) is 22.4 Å². The van der Waals surface area contributed by atoms with Gasteiger partial charge in [0.1, 0.15) is 0 Å². The smallest absolute Gasteiger partial charge is 0.254 e. The zero-order chi connectivity index (χ0) is 27.7. The first-order valence-electron chi connectivity index (χ1n) is 11.9. The fourth-order valence-corrected chi connectivity index (χ4v) is 7.11. The van der Waals surface area contributed by atoms with Gasteiger partial charge in [-0.2, -0.15) is 6.66 Å². The molecule has 2 aromatic heterocycles. The van der Waals surface area contributed by atoms with Crippen LogP contribution in [0.1, 0.15) is 0 Å². The number of pyridine rings is 2. The molecule has 2 heterocycles. The van der Waals surface area contributed by atoms with E-state index in [0.717, 1.165) is 21.8 Å². The van der Waals surface area contributed by atoms with Crippen molar-refractivity contribution in [3.05, 3.63) is 146 Å². The zero-order valence-electron chi connectivity index (χ0n) is 21.1. The number of nitrogens with zero attached hydrogens (tertiary/aromatic N) is 2. The molecule has 0 fully saturated rings. The maximum Gasteiger partial charge on any atom is 1.00 e. The number of hydrogen-bond donors (Lipinski definition) is 0. The van der Waals surface area contributed by atoms with Gasteiger partial charge in [-0.1, -0.05) is 78.9 Å². The molecule has 0 aliphatic heterocycles. The number of fused-ring (bicyclic) bond motifs is 3. The van der Waals surface area contributed by atoms with Crippen molar-refractivity contribution < 1.29 is 51.3 Å². The van der Waals surface area contributed by atoms with Gasteiger partial charge in [-0.3, -0.25) is 9.97 Å². The molecule has 40 heavy (non-hydrogen) atoms. The minimum Gasteiger partial charge on any atom is -0.254 e. The Kier molecular flexibility index (Phi) is 11.5. The van der Waals surface area contributed by atoms with Gasteiger partial charge >= 0.3 is 22.4 Å². The van der Waals surface area contributed by atoms with Crippen molar-refractivity contribution >= 4 is 45.0 Å². The van der Waals surface area contributed by atoms with Gasteiger partial charge in [0.05, 0.1) is 26.9 Å². The monoisotopic (exact) mass is 752 g/mol. The van der Waals surface area contributed by atoms with Crippen LogP contribution in [-0.4, -0.2) is 9.97 Å². The van der Waals surface area contributed by atoms with Crippen molar-refractivity contribution in [2.75, 3.05) is 0 Å². The van der Waals surface area contributed by atoms with E-state index in [2.05, 4.69) is 125 Å². The fourth-order valence-electron chi connectivity index (χ4n) is 4.17. The number of aromatic nitrogens is 2. The van der Waals surface area contributed by atoms with Crippen LogP contribution in [0.15, 0.2) is 140 Å². The van der Waals surface area contributed by atoms with Crippen LogP contribution >= 0.6 is 7.26 Å². The van der Waals surface area contributed by atoms with Crippen molar-refractivity contribution in [2.24, 2.45) is 0 Å². The summed E-state index contributed by atoms with van der Waals surface area (Å²) in [5.74, 6) is 0. The van der Waals surface area contributed by atoms with E-state index in [9.17, 15) is 0 Å². The van der Waals surface area contributed by atoms with E-state index in [1.807, 2.05) is 12.1 Å². The third-order valence-corrected chi connectivity index (χ3v) is 9.47. The molecule has 0 N–H and O–H groups in total. The van der Waals surface area contributed by atoms with Gasteiger partial charge in [-0.15, -0.1) is 10.2 Å². The molecular weight excluding hydrogens is 728 g/mol. The number of halogens is 1. The van der Waals surface area contributed by atoms with Crippen LogP contribution in [0.2, 0.25) is 0 Å². The fraction of sp³-hybridized carbons (Fsp3) is 0. The van der Waals surface area contributed by atoms with E-state index in [1.165, 1.54) is 15.9 Å². The average molecular weight is 753 g/mol. The Labute approximate surface area is 251 Å². The van der Waals surface area contributed by atoms with Crippen molar-refractivity contribution in [2.45, 2.75) is 0 Å². The summed E-state index contributed by atoms with van der Waals surface area (Å²) in [7, 11) is -6.72. The van der Waals surface area contributed by atoms with Gasteiger partial charge < -0.3 is 0 Å². The van der Waals surface area contributed by atoms with E-state index >= 15 is 0 Å². The summed E-state index contributed by atoms with van der Waals surface area (Å²) >= 11 is 0. The normalized spacial score (nSPS) is 10.9. The topological polar surface area (TPSA) is 118 Å². The maximum atomic E-state index is 8.49. The molecule has 0 amide bonds. The number of benzene rings is 4. The quantitative estimate of drug-likeness (QED) is 0.118. The third-order valence-electron chi connectivity index (χ3n) is 5.94. The summed E-state index contributed by atoms with van der Waals surface area (Å²) in [5.41, 5.74) is 1.95. The largest absolute Gasteiger partial charge is 1.00 e. The van der Waals surface area contributed by atoms with Gasteiger partial charge in [0.25, 0.3) is 0 Å². The molecular formula is C31H25AuClN2O4P. The van der Waals surface area contributed by atoms with Crippen LogP contribution in [0.25, 0.3) is 21.8 Å². The first-order chi connectivity index (χ1) is 18.8. The molecule has 6 rings (SSSR count). The van der Waals surface area contributed by atoms with Gasteiger partial charge in [0, 0.05) is 23.2 Å². The number of hydrogen-bond acceptors (Lipinski definition) is 6. The van der Waals surface area contributed by atoms with Crippen LogP contribution in [-0.2, 0) is 22.4 Å². The van der Waals surface area contributed by atoms with Crippen LogP contribution < -0.4 is 34.5 Å². The van der Waals surface area contributed by atoms with Gasteiger partial charge in [0.15, 0.2) is 0 Å². The Bertz CT molecular complexity index is 1470. The molecule has 0 unspecified atom stereocenters. The van der Waals surface area contributed by atoms with Crippen molar-refractivity contribution in [1.82, 2.24) is 9.97 Å². The molecule has 4 aromatic carbocycles. The Balaban J connectivity index is 0.000000192. The second kappa shape index (κ2) is 14.6. The standard InChI is InChI=1S/C19H17P.C12H8N2.Au.ClHO4/c1-20(17-11-5-2-6-12-17,18-13-7-3-8-14-18)19-15-9-4-10-16-19;1-3-9-5-6-10-4-2-8-14-12(10)11(9)13-7-1;;2-1(3,4)5/h2-16H,1H2;1-8H;;(H,2,3,4,5)/q;;+1;/p-1. The molecule has 0 saturated heterocycles. The predicted octanol–water partition coefficient (Wildman–Crippen LogP) is 1.80.